The number of nitrogens with zero attached hydrogens (tertiary/aromatic N) is 6. The molecule has 0 aliphatic heterocycles. The Hall–Kier alpha value is -3.40. The molecule has 0 unspecified atom stereocenters. The smallest absolute Gasteiger partial charge is 0.264 e. The zero-order valence-electron chi connectivity index (χ0n) is 14.4. The number of amides is 1. The minimum absolute atomic E-state index is 0.162. The third kappa shape index (κ3) is 3.60. The number of benzene rings is 1. The summed E-state index contributed by atoms with van der Waals surface area (Å²) < 4.78 is 2.75. The maximum atomic E-state index is 12.4. The van der Waals surface area contributed by atoms with Crippen LogP contribution in [-0.4, -0.2) is 35.4 Å². The summed E-state index contributed by atoms with van der Waals surface area (Å²) in [5.41, 5.74) is 1.28. The van der Waals surface area contributed by atoms with Crippen LogP contribution in [0.2, 0.25) is 0 Å². The molecule has 3 heterocycles. The first-order chi connectivity index (χ1) is 13.1. The van der Waals surface area contributed by atoms with Crippen molar-refractivity contribution < 1.29 is 4.79 Å². The summed E-state index contributed by atoms with van der Waals surface area (Å²) in [4.78, 5) is 28.8. The molecular formula is C17H15N7O2S. The van der Waals surface area contributed by atoms with Gasteiger partial charge in [0.25, 0.3) is 5.56 Å². The van der Waals surface area contributed by atoms with Crippen molar-refractivity contribution >= 4 is 33.4 Å². The molecule has 1 amide bonds. The number of rotatable bonds is 5. The van der Waals surface area contributed by atoms with Crippen LogP contribution in [-0.2, 0) is 24.8 Å². The van der Waals surface area contributed by atoms with Crippen LogP contribution in [0.1, 0.15) is 10.6 Å². The van der Waals surface area contributed by atoms with E-state index >= 15 is 0 Å². The number of fused-ring (bicyclic) bond motifs is 1. The summed E-state index contributed by atoms with van der Waals surface area (Å²) in [7, 11) is 1.70. The molecule has 1 aromatic carbocycles. The monoisotopic (exact) mass is 381 g/mol. The number of aryl methyl sites for hydroxylation is 1. The number of hydrogen-bond acceptors (Lipinski definition) is 7. The van der Waals surface area contributed by atoms with Gasteiger partial charge in [-0.25, -0.2) is 4.98 Å². The van der Waals surface area contributed by atoms with E-state index in [1.165, 1.54) is 33.1 Å². The van der Waals surface area contributed by atoms with Crippen molar-refractivity contribution in [3.05, 3.63) is 63.8 Å². The topological polar surface area (TPSA) is 108 Å². The van der Waals surface area contributed by atoms with Crippen molar-refractivity contribution in [3.8, 4) is 0 Å². The minimum atomic E-state index is -0.371. The van der Waals surface area contributed by atoms with Crippen LogP contribution in [0.15, 0.2) is 47.7 Å². The lowest BCUT2D eigenvalue weighted by molar-refractivity contribution is -0.116. The summed E-state index contributed by atoms with van der Waals surface area (Å²) in [6, 6.07) is 9.89. The number of carbonyl (C=O) groups is 1. The molecule has 10 heteroatoms. The van der Waals surface area contributed by atoms with Crippen molar-refractivity contribution in [1.29, 1.82) is 0 Å². The van der Waals surface area contributed by atoms with Crippen molar-refractivity contribution in [3.63, 3.8) is 0 Å². The maximum Gasteiger partial charge on any atom is 0.264 e. The molecule has 0 aliphatic rings. The fourth-order valence-electron chi connectivity index (χ4n) is 2.64. The largest absolute Gasteiger partial charge is 0.299 e. The molecule has 0 saturated carbocycles. The summed E-state index contributed by atoms with van der Waals surface area (Å²) in [6.45, 7) is -0.162. The first-order valence-electron chi connectivity index (χ1n) is 8.13. The van der Waals surface area contributed by atoms with Gasteiger partial charge in [0, 0.05) is 13.5 Å². The Morgan fingerprint density at radius 2 is 2.04 bits per heavy atom. The van der Waals surface area contributed by atoms with E-state index in [0.29, 0.717) is 22.6 Å². The van der Waals surface area contributed by atoms with E-state index in [-0.39, 0.29) is 18.0 Å². The zero-order valence-corrected chi connectivity index (χ0v) is 15.2. The van der Waals surface area contributed by atoms with Gasteiger partial charge in [0.15, 0.2) is 5.65 Å². The second-order valence-electron chi connectivity index (χ2n) is 5.89. The van der Waals surface area contributed by atoms with Gasteiger partial charge in [-0.2, -0.15) is 5.10 Å². The molecule has 4 aromatic rings. The van der Waals surface area contributed by atoms with Crippen LogP contribution in [0.3, 0.4) is 0 Å². The predicted molar refractivity (Wildman–Crippen MR) is 101 cm³/mol. The number of aromatic nitrogens is 6. The highest BCUT2D eigenvalue weighted by Gasteiger charge is 2.13. The standard InChI is InChI=1S/C17H15N7O2S/c1-23-15-12(8-19-23)16(26)24(10-18-15)9-13(25)20-17-22-21-14(27-17)7-11-5-3-2-4-6-11/h2-6,8,10H,7,9H2,1H3,(H,20,22,25). The van der Waals surface area contributed by atoms with E-state index < -0.39 is 0 Å². The molecule has 4 rings (SSSR count). The summed E-state index contributed by atoms with van der Waals surface area (Å²) >= 11 is 1.31. The lowest BCUT2D eigenvalue weighted by atomic mass is 10.2. The van der Waals surface area contributed by atoms with E-state index in [0.717, 1.165) is 10.6 Å². The van der Waals surface area contributed by atoms with Gasteiger partial charge in [0.05, 0.1) is 6.20 Å². The first kappa shape index (κ1) is 17.0. The molecule has 0 fully saturated rings. The van der Waals surface area contributed by atoms with Gasteiger partial charge in [-0.3, -0.25) is 24.2 Å². The fraction of sp³-hybridized carbons (Fsp3) is 0.176. The van der Waals surface area contributed by atoms with E-state index in [2.05, 4.69) is 25.6 Å². The second kappa shape index (κ2) is 7.08. The van der Waals surface area contributed by atoms with Crippen LogP contribution in [0, 0.1) is 0 Å². The van der Waals surface area contributed by atoms with E-state index in [4.69, 9.17) is 0 Å². The van der Waals surface area contributed by atoms with Gasteiger partial charge < -0.3 is 0 Å². The maximum absolute atomic E-state index is 12.4. The highest BCUT2D eigenvalue weighted by atomic mass is 32.1. The molecule has 0 saturated heterocycles. The lowest BCUT2D eigenvalue weighted by Gasteiger charge is -2.04. The zero-order chi connectivity index (χ0) is 18.8. The number of carbonyl (C=O) groups excluding carboxylic acids is 1. The number of anilines is 1. The van der Waals surface area contributed by atoms with Gasteiger partial charge in [-0.1, -0.05) is 41.7 Å². The SMILES string of the molecule is Cn1ncc2c(=O)n(CC(=O)Nc3nnc(Cc4ccccc4)s3)cnc21. The first-order valence-corrected chi connectivity index (χ1v) is 8.95. The second-order valence-corrected chi connectivity index (χ2v) is 6.96. The van der Waals surface area contributed by atoms with E-state index in [1.807, 2.05) is 30.3 Å². The Kier molecular flexibility index (Phi) is 4.47. The van der Waals surface area contributed by atoms with Crippen molar-refractivity contribution in [2.75, 3.05) is 5.32 Å². The number of nitrogens with one attached hydrogen (secondary N) is 1. The third-order valence-electron chi connectivity index (χ3n) is 3.94. The molecular weight excluding hydrogens is 366 g/mol. The van der Waals surface area contributed by atoms with Crippen molar-refractivity contribution in [2.24, 2.45) is 7.05 Å². The highest BCUT2D eigenvalue weighted by molar-refractivity contribution is 7.15. The molecule has 27 heavy (non-hydrogen) atoms. The highest BCUT2D eigenvalue weighted by Crippen LogP contribution is 2.18. The Morgan fingerprint density at radius 1 is 1.22 bits per heavy atom. The normalized spacial score (nSPS) is 11.0. The third-order valence-corrected chi connectivity index (χ3v) is 4.78. The van der Waals surface area contributed by atoms with Crippen LogP contribution < -0.4 is 10.9 Å². The molecule has 9 nitrogen and oxygen atoms in total. The molecule has 0 aliphatic carbocycles. The predicted octanol–water partition coefficient (Wildman–Crippen LogP) is 1.21. The van der Waals surface area contributed by atoms with Crippen molar-refractivity contribution in [1.82, 2.24) is 29.5 Å². The summed E-state index contributed by atoms with van der Waals surface area (Å²) in [6.07, 6.45) is 3.43. The molecule has 136 valence electrons. The average Bonchev–Trinajstić information content (AvgIpc) is 3.25. The fourth-order valence-corrected chi connectivity index (χ4v) is 3.43. The van der Waals surface area contributed by atoms with Crippen LogP contribution in [0.4, 0.5) is 5.13 Å². The molecule has 1 N–H and O–H groups in total. The number of hydrogen-bond donors (Lipinski definition) is 1. The molecule has 0 spiro atoms. The van der Waals surface area contributed by atoms with Gasteiger partial charge >= 0.3 is 0 Å². The quantitative estimate of drug-likeness (QED) is 0.557. The Morgan fingerprint density at radius 3 is 2.85 bits per heavy atom. The van der Waals surface area contributed by atoms with Gasteiger partial charge in [-0.05, 0) is 5.56 Å². The lowest BCUT2D eigenvalue weighted by Crippen LogP contribution is -2.27. The van der Waals surface area contributed by atoms with Gasteiger partial charge in [0.1, 0.15) is 23.3 Å². The molecule has 0 atom stereocenters. The molecule has 3 aromatic heterocycles. The van der Waals surface area contributed by atoms with Gasteiger partial charge in [-0.15, -0.1) is 10.2 Å². The molecule has 0 bridgehead atoms. The minimum Gasteiger partial charge on any atom is -0.299 e. The van der Waals surface area contributed by atoms with E-state index in [1.54, 1.807) is 7.05 Å². The average molecular weight is 381 g/mol. The summed E-state index contributed by atoms with van der Waals surface area (Å²) in [5, 5.41) is 16.3. The molecule has 0 radical (unpaired) electrons. The van der Waals surface area contributed by atoms with Gasteiger partial charge in [0.2, 0.25) is 11.0 Å². The van der Waals surface area contributed by atoms with Crippen LogP contribution in [0.5, 0.6) is 0 Å². The van der Waals surface area contributed by atoms with E-state index in [9.17, 15) is 9.59 Å². The summed E-state index contributed by atoms with van der Waals surface area (Å²) in [5.74, 6) is -0.371. The Labute approximate surface area is 157 Å². The Bertz CT molecular complexity index is 1160. The Balaban J connectivity index is 1.44. The van der Waals surface area contributed by atoms with Crippen molar-refractivity contribution in [2.45, 2.75) is 13.0 Å². The van der Waals surface area contributed by atoms with Crippen LogP contribution >= 0.6 is 11.3 Å². The van der Waals surface area contributed by atoms with Crippen LogP contribution in [0.25, 0.3) is 11.0 Å².